The van der Waals surface area contributed by atoms with E-state index >= 15 is 0 Å². The molecule has 3 aromatic carbocycles. The van der Waals surface area contributed by atoms with Crippen LogP contribution in [0.25, 0.3) is 0 Å². The molecule has 0 atom stereocenters. The normalized spacial score (nSPS) is 10.5. The average Bonchev–Trinajstić information content (AvgIpc) is 2.82. The molecule has 0 heterocycles. The van der Waals surface area contributed by atoms with E-state index in [1.165, 1.54) is 14.2 Å². The van der Waals surface area contributed by atoms with Crippen molar-refractivity contribution in [3.63, 3.8) is 0 Å². The first-order valence-corrected chi connectivity index (χ1v) is 9.35. The quantitative estimate of drug-likeness (QED) is 0.413. The Morgan fingerprint density at radius 1 is 0.774 bits per heavy atom. The van der Waals surface area contributed by atoms with E-state index in [9.17, 15) is 9.59 Å². The third-order valence-electron chi connectivity index (χ3n) is 4.15. The molecule has 0 aliphatic carbocycles. The van der Waals surface area contributed by atoms with Crippen LogP contribution < -0.4 is 14.8 Å². The number of benzene rings is 3. The van der Waals surface area contributed by atoms with Gasteiger partial charge in [-0.1, -0.05) is 24.3 Å². The molecule has 0 bridgehead atoms. The molecular weight excluding hydrogens is 398 g/mol. The Morgan fingerprint density at radius 2 is 1.35 bits per heavy atom. The first-order chi connectivity index (χ1) is 15.1. The van der Waals surface area contributed by atoms with Crippen LogP contribution in [0.2, 0.25) is 0 Å². The van der Waals surface area contributed by atoms with Gasteiger partial charge < -0.3 is 19.5 Å². The van der Waals surface area contributed by atoms with Gasteiger partial charge in [0.1, 0.15) is 17.1 Å². The van der Waals surface area contributed by atoms with E-state index in [1.807, 2.05) is 30.3 Å². The lowest BCUT2D eigenvalue weighted by atomic mass is 10.2. The number of nitrogens with zero attached hydrogens (tertiary/aromatic N) is 2. The number of hydrogen-bond donors (Lipinski definition) is 1. The Hall–Kier alpha value is -4.20. The Balaban J connectivity index is 1.55. The second-order valence-electron chi connectivity index (χ2n) is 6.24. The predicted octanol–water partition coefficient (Wildman–Crippen LogP) is 4.91. The summed E-state index contributed by atoms with van der Waals surface area (Å²) in [7, 11) is 2.86. The van der Waals surface area contributed by atoms with E-state index in [-0.39, 0.29) is 5.56 Å². The summed E-state index contributed by atoms with van der Waals surface area (Å²) in [6, 6.07) is 21.1. The summed E-state index contributed by atoms with van der Waals surface area (Å²) in [5.74, 6) is -0.614. The number of anilines is 1. The number of amides is 1. The largest absolute Gasteiger partial charge is 0.496 e. The van der Waals surface area contributed by atoms with Crippen molar-refractivity contribution in [2.75, 3.05) is 26.1 Å². The molecule has 31 heavy (non-hydrogen) atoms. The third-order valence-corrected chi connectivity index (χ3v) is 4.15. The molecule has 158 valence electrons. The Bertz CT molecular complexity index is 1040. The van der Waals surface area contributed by atoms with Gasteiger partial charge in [0, 0.05) is 5.69 Å². The smallest absolute Gasteiger partial charge is 0.346 e. The van der Waals surface area contributed by atoms with E-state index in [0.29, 0.717) is 22.9 Å². The van der Waals surface area contributed by atoms with Crippen molar-refractivity contribution < 1.29 is 23.8 Å². The van der Waals surface area contributed by atoms with Crippen LogP contribution in [-0.2, 0) is 9.53 Å². The molecule has 0 fully saturated rings. The number of azo groups is 1. The molecular formula is C23H21N3O5. The molecule has 0 aliphatic heterocycles. The molecule has 3 rings (SSSR count). The second-order valence-corrected chi connectivity index (χ2v) is 6.24. The molecule has 0 unspecified atom stereocenters. The average molecular weight is 419 g/mol. The lowest BCUT2D eigenvalue weighted by Gasteiger charge is -2.12. The van der Waals surface area contributed by atoms with E-state index in [2.05, 4.69) is 15.5 Å². The second kappa shape index (κ2) is 10.5. The fourth-order valence-electron chi connectivity index (χ4n) is 2.67. The standard InChI is InChI=1S/C23H21N3O5/c1-29-19-9-6-10-20(30-2)22(19)23(28)31-15-21(27)24-16-11-13-18(14-12-16)26-25-17-7-4-3-5-8-17/h3-14H,15H2,1-2H3,(H,24,27). The maximum absolute atomic E-state index is 12.4. The van der Waals surface area contributed by atoms with Gasteiger partial charge in [-0.2, -0.15) is 10.2 Å². The minimum Gasteiger partial charge on any atom is -0.496 e. The summed E-state index contributed by atoms with van der Waals surface area (Å²) in [4.78, 5) is 24.6. The summed E-state index contributed by atoms with van der Waals surface area (Å²) >= 11 is 0. The van der Waals surface area contributed by atoms with E-state index in [4.69, 9.17) is 14.2 Å². The third kappa shape index (κ3) is 5.89. The van der Waals surface area contributed by atoms with Crippen molar-refractivity contribution >= 4 is 28.9 Å². The number of carbonyl (C=O) groups excluding carboxylic acids is 2. The number of ether oxygens (including phenoxy) is 3. The van der Waals surface area contributed by atoms with Crippen molar-refractivity contribution in [3.8, 4) is 11.5 Å². The van der Waals surface area contributed by atoms with Crippen molar-refractivity contribution in [2.45, 2.75) is 0 Å². The van der Waals surface area contributed by atoms with Crippen molar-refractivity contribution in [2.24, 2.45) is 10.2 Å². The Morgan fingerprint density at radius 3 is 1.94 bits per heavy atom. The molecule has 0 radical (unpaired) electrons. The van der Waals surface area contributed by atoms with Crippen LogP contribution in [0.1, 0.15) is 10.4 Å². The molecule has 0 saturated heterocycles. The first-order valence-electron chi connectivity index (χ1n) is 9.35. The number of nitrogens with one attached hydrogen (secondary N) is 1. The van der Waals surface area contributed by atoms with Gasteiger partial charge in [0.05, 0.1) is 25.6 Å². The monoisotopic (exact) mass is 419 g/mol. The number of methoxy groups -OCH3 is 2. The number of esters is 1. The van der Waals surface area contributed by atoms with Gasteiger partial charge in [-0.3, -0.25) is 4.79 Å². The highest BCUT2D eigenvalue weighted by Crippen LogP contribution is 2.29. The summed E-state index contributed by atoms with van der Waals surface area (Å²) in [5.41, 5.74) is 2.04. The van der Waals surface area contributed by atoms with Gasteiger partial charge in [-0.25, -0.2) is 4.79 Å². The molecule has 0 saturated carbocycles. The van der Waals surface area contributed by atoms with Gasteiger partial charge in [-0.15, -0.1) is 0 Å². The van der Waals surface area contributed by atoms with Crippen LogP contribution >= 0.6 is 0 Å². The Kier molecular flexibility index (Phi) is 7.31. The number of hydrogen-bond acceptors (Lipinski definition) is 7. The SMILES string of the molecule is COc1cccc(OC)c1C(=O)OCC(=O)Nc1ccc(N=Nc2ccccc2)cc1. The van der Waals surface area contributed by atoms with Gasteiger partial charge in [0.15, 0.2) is 6.61 Å². The highest BCUT2D eigenvalue weighted by molar-refractivity contribution is 5.98. The molecule has 3 aromatic rings. The van der Waals surface area contributed by atoms with Crippen LogP contribution in [0, 0.1) is 0 Å². The van der Waals surface area contributed by atoms with Crippen LogP contribution in [-0.4, -0.2) is 32.7 Å². The number of carbonyl (C=O) groups is 2. The van der Waals surface area contributed by atoms with Gasteiger partial charge >= 0.3 is 5.97 Å². The minimum atomic E-state index is -0.721. The molecule has 8 nitrogen and oxygen atoms in total. The van der Waals surface area contributed by atoms with Crippen LogP contribution in [0.5, 0.6) is 11.5 Å². The van der Waals surface area contributed by atoms with Crippen LogP contribution in [0.4, 0.5) is 17.1 Å². The molecule has 8 heteroatoms. The topological polar surface area (TPSA) is 98.6 Å². The highest BCUT2D eigenvalue weighted by atomic mass is 16.5. The number of rotatable bonds is 8. The molecule has 0 spiro atoms. The van der Waals surface area contributed by atoms with Crippen LogP contribution in [0.3, 0.4) is 0 Å². The predicted molar refractivity (Wildman–Crippen MR) is 116 cm³/mol. The van der Waals surface area contributed by atoms with Gasteiger partial charge in [0.2, 0.25) is 0 Å². The van der Waals surface area contributed by atoms with Gasteiger partial charge in [0.25, 0.3) is 5.91 Å². The molecule has 1 N–H and O–H groups in total. The lowest BCUT2D eigenvalue weighted by Crippen LogP contribution is -2.21. The van der Waals surface area contributed by atoms with E-state index in [0.717, 1.165) is 5.69 Å². The highest BCUT2D eigenvalue weighted by Gasteiger charge is 2.20. The summed E-state index contributed by atoms with van der Waals surface area (Å²) in [5, 5.41) is 10.9. The summed E-state index contributed by atoms with van der Waals surface area (Å²) < 4.78 is 15.5. The van der Waals surface area contributed by atoms with Crippen LogP contribution in [0.15, 0.2) is 83.0 Å². The Labute approximate surface area is 179 Å². The maximum Gasteiger partial charge on any atom is 0.346 e. The zero-order valence-corrected chi connectivity index (χ0v) is 17.1. The fraction of sp³-hybridized carbons (Fsp3) is 0.130. The molecule has 0 aliphatic rings. The lowest BCUT2D eigenvalue weighted by molar-refractivity contribution is -0.119. The fourth-order valence-corrected chi connectivity index (χ4v) is 2.67. The first kappa shape index (κ1) is 21.5. The van der Waals surface area contributed by atoms with E-state index < -0.39 is 18.5 Å². The maximum atomic E-state index is 12.4. The van der Waals surface area contributed by atoms with Crippen molar-refractivity contribution in [3.05, 3.63) is 78.4 Å². The molecule has 1 amide bonds. The zero-order valence-electron chi connectivity index (χ0n) is 17.1. The summed E-state index contributed by atoms with van der Waals surface area (Å²) in [6.45, 7) is -0.463. The zero-order chi connectivity index (χ0) is 22.1. The summed E-state index contributed by atoms with van der Waals surface area (Å²) in [6.07, 6.45) is 0. The molecule has 0 aromatic heterocycles. The minimum absolute atomic E-state index is 0.119. The van der Waals surface area contributed by atoms with Crippen molar-refractivity contribution in [1.29, 1.82) is 0 Å². The van der Waals surface area contributed by atoms with Gasteiger partial charge in [-0.05, 0) is 48.5 Å². The van der Waals surface area contributed by atoms with E-state index in [1.54, 1.807) is 42.5 Å². The van der Waals surface area contributed by atoms with Crippen molar-refractivity contribution in [1.82, 2.24) is 0 Å².